The average Bonchev–Trinajstić information content (AvgIpc) is 2.48. The topological polar surface area (TPSA) is 34.2 Å². The molecule has 0 bridgehead atoms. The number of nitrogens with zero attached hydrogens (tertiary/aromatic N) is 1. The molecule has 0 radical (unpaired) electrons. The highest BCUT2D eigenvalue weighted by atomic mass is 35.5. The monoisotopic (exact) mass is 304 g/mol. The van der Waals surface area contributed by atoms with E-state index >= 15 is 0 Å². The molecule has 1 heterocycles. The Balaban J connectivity index is 2.20. The van der Waals surface area contributed by atoms with Crippen LogP contribution in [0.15, 0.2) is 36.5 Å². The van der Waals surface area contributed by atoms with Crippen molar-refractivity contribution in [3.63, 3.8) is 0 Å². The molecule has 0 aliphatic rings. The number of para-hydroxylation sites is 1. The first kappa shape index (κ1) is 15.8. The Bertz CT molecular complexity index is 599. The number of halogens is 1. The lowest BCUT2D eigenvalue weighted by atomic mass is 10.0. The van der Waals surface area contributed by atoms with Gasteiger partial charge in [0.1, 0.15) is 10.8 Å². The molecular weight excluding hydrogens is 284 g/mol. The summed E-state index contributed by atoms with van der Waals surface area (Å²) in [7, 11) is 0. The standard InChI is InChI=1S/C17H21ClN2O/c1-4-19-10-13-9-15(18)17(20-11-13)21-16-8-6-5-7-14(16)12(2)3/h5-9,11-12,19H,4,10H2,1-3H3. The van der Waals surface area contributed by atoms with E-state index in [-0.39, 0.29) is 0 Å². The van der Waals surface area contributed by atoms with Crippen LogP contribution in [0, 0.1) is 0 Å². The van der Waals surface area contributed by atoms with Crippen LogP contribution in [0.3, 0.4) is 0 Å². The molecule has 2 aromatic rings. The van der Waals surface area contributed by atoms with E-state index in [1.165, 1.54) is 0 Å². The van der Waals surface area contributed by atoms with Crippen LogP contribution in [0.1, 0.15) is 37.8 Å². The molecule has 0 saturated carbocycles. The first-order valence-corrected chi connectivity index (χ1v) is 7.61. The lowest BCUT2D eigenvalue weighted by Crippen LogP contribution is -2.11. The zero-order valence-electron chi connectivity index (χ0n) is 12.7. The molecule has 0 aliphatic heterocycles. The van der Waals surface area contributed by atoms with E-state index in [2.05, 4.69) is 37.1 Å². The van der Waals surface area contributed by atoms with Crippen LogP contribution in [0.5, 0.6) is 11.6 Å². The van der Waals surface area contributed by atoms with Gasteiger partial charge < -0.3 is 10.1 Å². The van der Waals surface area contributed by atoms with Gasteiger partial charge in [-0.15, -0.1) is 0 Å². The summed E-state index contributed by atoms with van der Waals surface area (Å²) in [4.78, 5) is 4.33. The maximum atomic E-state index is 6.27. The van der Waals surface area contributed by atoms with Crippen LogP contribution >= 0.6 is 11.6 Å². The summed E-state index contributed by atoms with van der Waals surface area (Å²) in [5.41, 5.74) is 2.19. The Hall–Kier alpha value is -1.58. The second-order valence-corrected chi connectivity index (χ2v) is 5.61. The van der Waals surface area contributed by atoms with E-state index in [9.17, 15) is 0 Å². The lowest BCUT2D eigenvalue weighted by molar-refractivity contribution is 0.454. The fourth-order valence-corrected chi connectivity index (χ4v) is 2.29. The number of hydrogen-bond acceptors (Lipinski definition) is 3. The maximum absolute atomic E-state index is 6.27. The SMILES string of the molecule is CCNCc1cnc(Oc2ccccc2C(C)C)c(Cl)c1. The fraction of sp³-hybridized carbons (Fsp3) is 0.353. The normalized spacial score (nSPS) is 10.9. The number of hydrogen-bond donors (Lipinski definition) is 1. The lowest BCUT2D eigenvalue weighted by Gasteiger charge is -2.14. The summed E-state index contributed by atoms with van der Waals surface area (Å²) in [5, 5.41) is 3.78. The molecule has 0 atom stereocenters. The minimum Gasteiger partial charge on any atom is -0.437 e. The molecule has 21 heavy (non-hydrogen) atoms. The van der Waals surface area contributed by atoms with Gasteiger partial charge in [-0.2, -0.15) is 0 Å². The maximum Gasteiger partial charge on any atom is 0.238 e. The smallest absolute Gasteiger partial charge is 0.238 e. The molecule has 0 amide bonds. The van der Waals surface area contributed by atoms with Crippen molar-refractivity contribution in [3.05, 3.63) is 52.7 Å². The van der Waals surface area contributed by atoms with Crippen molar-refractivity contribution in [2.24, 2.45) is 0 Å². The van der Waals surface area contributed by atoms with Crippen molar-refractivity contribution in [1.82, 2.24) is 10.3 Å². The van der Waals surface area contributed by atoms with Gasteiger partial charge in [-0.3, -0.25) is 0 Å². The van der Waals surface area contributed by atoms with Crippen LogP contribution in [0.2, 0.25) is 5.02 Å². The van der Waals surface area contributed by atoms with Gasteiger partial charge >= 0.3 is 0 Å². The quantitative estimate of drug-likeness (QED) is 0.835. The van der Waals surface area contributed by atoms with Gasteiger partial charge in [-0.25, -0.2) is 4.98 Å². The Labute approximate surface area is 131 Å². The Morgan fingerprint density at radius 3 is 2.71 bits per heavy atom. The van der Waals surface area contributed by atoms with Crippen LogP contribution in [0.25, 0.3) is 0 Å². The molecule has 0 fully saturated rings. The molecule has 0 unspecified atom stereocenters. The highest BCUT2D eigenvalue weighted by Gasteiger charge is 2.11. The number of aromatic nitrogens is 1. The Morgan fingerprint density at radius 2 is 2.05 bits per heavy atom. The summed E-state index contributed by atoms with van der Waals surface area (Å²) < 4.78 is 5.90. The van der Waals surface area contributed by atoms with E-state index < -0.39 is 0 Å². The summed E-state index contributed by atoms with van der Waals surface area (Å²) in [6.07, 6.45) is 1.79. The minimum atomic E-state index is 0.382. The Morgan fingerprint density at radius 1 is 1.29 bits per heavy atom. The summed E-state index contributed by atoms with van der Waals surface area (Å²) in [6, 6.07) is 9.86. The first-order chi connectivity index (χ1) is 10.1. The molecule has 1 aromatic carbocycles. The highest BCUT2D eigenvalue weighted by Crippen LogP contribution is 2.32. The Kier molecular flexibility index (Phi) is 5.59. The largest absolute Gasteiger partial charge is 0.437 e. The molecule has 0 saturated heterocycles. The molecule has 0 aliphatic carbocycles. The summed E-state index contributed by atoms with van der Waals surface area (Å²) in [5.74, 6) is 1.64. The minimum absolute atomic E-state index is 0.382. The van der Waals surface area contributed by atoms with Crippen molar-refractivity contribution < 1.29 is 4.74 Å². The highest BCUT2D eigenvalue weighted by molar-refractivity contribution is 6.31. The zero-order valence-corrected chi connectivity index (χ0v) is 13.4. The van der Waals surface area contributed by atoms with Crippen LogP contribution < -0.4 is 10.1 Å². The van der Waals surface area contributed by atoms with Crippen molar-refractivity contribution in [2.45, 2.75) is 33.2 Å². The van der Waals surface area contributed by atoms with Gasteiger partial charge in [0.15, 0.2) is 0 Å². The van der Waals surface area contributed by atoms with Crippen LogP contribution in [-0.4, -0.2) is 11.5 Å². The predicted molar refractivity (Wildman–Crippen MR) is 87.2 cm³/mol. The molecule has 3 nitrogen and oxygen atoms in total. The van der Waals surface area contributed by atoms with E-state index in [0.717, 1.165) is 30.0 Å². The second-order valence-electron chi connectivity index (χ2n) is 5.21. The van der Waals surface area contributed by atoms with Gasteiger partial charge in [-0.05, 0) is 35.7 Å². The van der Waals surface area contributed by atoms with Gasteiger partial charge in [-0.1, -0.05) is 50.6 Å². The van der Waals surface area contributed by atoms with Crippen molar-refractivity contribution in [3.8, 4) is 11.6 Å². The third-order valence-electron chi connectivity index (χ3n) is 3.19. The van der Waals surface area contributed by atoms with E-state index in [1.54, 1.807) is 6.20 Å². The molecule has 1 N–H and O–H groups in total. The zero-order chi connectivity index (χ0) is 15.2. The first-order valence-electron chi connectivity index (χ1n) is 7.23. The molecule has 2 rings (SSSR count). The molecule has 0 spiro atoms. The number of benzene rings is 1. The number of pyridine rings is 1. The van der Waals surface area contributed by atoms with Gasteiger partial charge in [0.05, 0.1) is 0 Å². The van der Waals surface area contributed by atoms with Crippen molar-refractivity contribution in [2.75, 3.05) is 6.54 Å². The van der Waals surface area contributed by atoms with Crippen molar-refractivity contribution in [1.29, 1.82) is 0 Å². The number of ether oxygens (including phenoxy) is 1. The number of nitrogens with one attached hydrogen (secondary N) is 1. The fourth-order valence-electron chi connectivity index (χ4n) is 2.06. The molecular formula is C17H21ClN2O. The van der Waals surface area contributed by atoms with E-state index in [1.807, 2.05) is 24.3 Å². The average molecular weight is 305 g/mol. The van der Waals surface area contributed by atoms with E-state index in [0.29, 0.717) is 16.8 Å². The van der Waals surface area contributed by atoms with E-state index in [4.69, 9.17) is 16.3 Å². The van der Waals surface area contributed by atoms with Crippen molar-refractivity contribution >= 4 is 11.6 Å². The third kappa shape index (κ3) is 4.19. The predicted octanol–water partition coefficient (Wildman–Crippen LogP) is 4.76. The summed E-state index contributed by atoms with van der Waals surface area (Å²) in [6.45, 7) is 8.01. The molecule has 4 heteroatoms. The summed E-state index contributed by atoms with van der Waals surface area (Å²) >= 11 is 6.27. The van der Waals surface area contributed by atoms with Gasteiger partial charge in [0.2, 0.25) is 5.88 Å². The third-order valence-corrected chi connectivity index (χ3v) is 3.46. The number of rotatable bonds is 6. The van der Waals surface area contributed by atoms with Gasteiger partial charge in [0.25, 0.3) is 0 Å². The molecule has 112 valence electrons. The second kappa shape index (κ2) is 7.43. The molecule has 1 aromatic heterocycles. The van der Waals surface area contributed by atoms with Crippen LogP contribution in [-0.2, 0) is 6.54 Å². The van der Waals surface area contributed by atoms with Crippen LogP contribution in [0.4, 0.5) is 0 Å². The van der Waals surface area contributed by atoms with Gasteiger partial charge in [0, 0.05) is 12.7 Å².